The normalized spacial score (nSPS) is 20.4. The van der Waals surface area contributed by atoms with E-state index in [2.05, 4.69) is 0 Å². The van der Waals surface area contributed by atoms with Crippen LogP contribution in [-0.4, -0.2) is 57.8 Å². The third-order valence-corrected chi connectivity index (χ3v) is 8.07. The maximum Gasteiger partial charge on any atom is 0.243 e. The molecule has 136 valence electrons. The van der Waals surface area contributed by atoms with Gasteiger partial charge >= 0.3 is 0 Å². The molecule has 0 bridgehead atoms. The average Bonchev–Trinajstić information content (AvgIpc) is 2.56. The van der Waals surface area contributed by atoms with Gasteiger partial charge in [-0.3, -0.25) is 0 Å². The second-order valence-electron chi connectivity index (χ2n) is 5.66. The summed E-state index contributed by atoms with van der Waals surface area (Å²) in [5.41, 5.74) is 0. The molecular weight excluding hydrogens is 355 g/mol. The van der Waals surface area contributed by atoms with Gasteiger partial charge in [-0.05, 0) is 37.1 Å². The number of sulfonamides is 2. The molecule has 1 aromatic rings. The van der Waals surface area contributed by atoms with Gasteiger partial charge in [-0.1, -0.05) is 13.8 Å². The summed E-state index contributed by atoms with van der Waals surface area (Å²) in [6.07, 6.45) is -0.308. The third kappa shape index (κ3) is 3.79. The van der Waals surface area contributed by atoms with Crippen molar-refractivity contribution in [3.8, 4) is 0 Å². The smallest absolute Gasteiger partial charge is 0.243 e. The lowest BCUT2D eigenvalue weighted by atomic mass is 10.1. The number of alkyl halides is 1. The van der Waals surface area contributed by atoms with Crippen LogP contribution in [0.5, 0.6) is 0 Å². The van der Waals surface area contributed by atoms with Crippen LogP contribution < -0.4 is 0 Å². The van der Waals surface area contributed by atoms with E-state index in [0.717, 1.165) is 4.31 Å². The van der Waals surface area contributed by atoms with Gasteiger partial charge in [0.15, 0.2) is 0 Å². The van der Waals surface area contributed by atoms with Gasteiger partial charge in [-0.15, -0.1) is 0 Å². The molecule has 0 aromatic heterocycles. The van der Waals surface area contributed by atoms with Crippen molar-refractivity contribution in [2.75, 3.05) is 26.2 Å². The predicted octanol–water partition coefficient (Wildman–Crippen LogP) is 1.84. The molecule has 0 N–H and O–H groups in total. The Balaban J connectivity index is 2.29. The summed E-state index contributed by atoms with van der Waals surface area (Å²) >= 11 is 0. The van der Waals surface area contributed by atoms with E-state index in [9.17, 15) is 21.2 Å². The lowest BCUT2D eigenvalue weighted by Crippen LogP contribution is -2.40. The zero-order chi connectivity index (χ0) is 18.0. The van der Waals surface area contributed by atoms with Crippen LogP contribution in [0.3, 0.4) is 0 Å². The van der Waals surface area contributed by atoms with Gasteiger partial charge in [0.05, 0.1) is 9.79 Å². The standard InChI is InChI=1S/C15H23FN2O4S2/c1-3-17(4-2)23(19,20)14-7-9-15(10-8-14)24(21,22)18-11-5-6-13(16)12-18/h7-10,13H,3-6,11-12H2,1-2H3. The molecular formula is C15H23FN2O4S2. The van der Waals surface area contributed by atoms with E-state index in [1.807, 2.05) is 0 Å². The molecule has 9 heteroatoms. The van der Waals surface area contributed by atoms with Crippen molar-refractivity contribution in [3.63, 3.8) is 0 Å². The first-order valence-electron chi connectivity index (χ1n) is 7.98. The fourth-order valence-corrected chi connectivity index (χ4v) is 5.72. The highest BCUT2D eigenvalue weighted by Crippen LogP contribution is 2.24. The van der Waals surface area contributed by atoms with Gasteiger partial charge in [0, 0.05) is 26.2 Å². The number of rotatable bonds is 6. The maximum absolute atomic E-state index is 13.5. The van der Waals surface area contributed by atoms with Gasteiger partial charge in [-0.25, -0.2) is 21.2 Å². The molecule has 1 aliphatic heterocycles. The van der Waals surface area contributed by atoms with Crippen molar-refractivity contribution in [1.29, 1.82) is 0 Å². The molecule has 1 saturated heterocycles. The predicted molar refractivity (Wildman–Crippen MR) is 89.4 cm³/mol. The van der Waals surface area contributed by atoms with Crippen LogP contribution in [0.15, 0.2) is 34.1 Å². The molecule has 0 aliphatic carbocycles. The summed E-state index contributed by atoms with van der Waals surface area (Å²) in [7, 11) is -7.44. The Hall–Kier alpha value is -1.03. The summed E-state index contributed by atoms with van der Waals surface area (Å²) in [5, 5.41) is 0. The average molecular weight is 378 g/mol. The Kier molecular flexibility index (Phi) is 6.00. The summed E-state index contributed by atoms with van der Waals surface area (Å²) < 4.78 is 65.8. The molecule has 1 aliphatic rings. The number of hydrogen-bond donors (Lipinski definition) is 0. The molecule has 0 amide bonds. The van der Waals surface area contributed by atoms with Gasteiger partial charge in [-0.2, -0.15) is 8.61 Å². The van der Waals surface area contributed by atoms with E-state index in [0.29, 0.717) is 25.9 Å². The Labute approximate surface area is 143 Å². The molecule has 1 heterocycles. The second-order valence-corrected chi connectivity index (χ2v) is 9.54. The largest absolute Gasteiger partial charge is 0.246 e. The summed E-state index contributed by atoms with van der Waals surface area (Å²) in [6.45, 7) is 4.28. The molecule has 6 nitrogen and oxygen atoms in total. The van der Waals surface area contributed by atoms with Gasteiger partial charge in [0.25, 0.3) is 0 Å². The maximum atomic E-state index is 13.5. The lowest BCUT2D eigenvalue weighted by Gasteiger charge is -2.28. The van der Waals surface area contributed by atoms with E-state index < -0.39 is 26.2 Å². The number of benzene rings is 1. The molecule has 0 radical (unpaired) electrons. The highest BCUT2D eigenvalue weighted by molar-refractivity contribution is 7.89. The zero-order valence-corrected chi connectivity index (χ0v) is 15.5. The van der Waals surface area contributed by atoms with Crippen LogP contribution in [0.1, 0.15) is 26.7 Å². The fraction of sp³-hybridized carbons (Fsp3) is 0.600. The monoisotopic (exact) mass is 378 g/mol. The van der Waals surface area contributed by atoms with Crippen LogP contribution in [0.2, 0.25) is 0 Å². The van der Waals surface area contributed by atoms with Crippen molar-refractivity contribution < 1.29 is 21.2 Å². The van der Waals surface area contributed by atoms with Crippen molar-refractivity contribution in [3.05, 3.63) is 24.3 Å². The van der Waals surface area contributed by atoms with Crippen molar-refractivity contribution >= 4 is 20.0 Å². The first kappa shape index (κ1) is 19.3. The van der Waals surface area contributed by atoms with Gasteiger partial charge in [0.2, 0.25) is 20.0 Å². The summed E-state index contributed by atoms with van der Waals surface area (Å²) in [5.74, 6) is 0. The molecule has 0 spiro atoms. The molecule has 2 rings (SSSR count). The van der Waals surface area contributed by atoms with E-state index in [4.69, 9.17) is 0 Å². The highest BCUT2D eigenvalue weighted by atomic mass is 32.2. The molecule has 1 unspecified atom stereocenters. The molecule has 1 aromatic carbocycles. The first-order valence-corrected chi connectivity index (χ1v) is 10.9. The van der Waals surface area contributed by atoms with Crippen LogP contribution in [0.4, 0.5) is 4.39 Å². The number of halogens is 1. The zero-order valence-electron chi connectivity index (χ0n) is 13.9. The minimum atomic E-state index is -3.80. The highest BCUT2D eigenvalue weighted by Gasteiger charge is 2.30. The van der Waals surface area contributed by atoms with Crippen molar-refractivity contribution in [1.82, 2.24) is 8.61 Å². The molecule has 1 atom stereocenters. The Morgan fingerprint density at radius 2 is 1.62 bits per heavy atom. The fourth-order valence-electron chi connectivity index (χ4n) is 2.76. The number of nitrogens with zero attached hydrogens (tertiary/aromatic N) is 2. The first-order chi connectivity index (χ1) is 11.2. The van der Waals surface area contributed by atoms with E-state index in [1.165, 1.54) is 28.6 Å². The van der Waals surface area contributed by atoms with Crippen molar-refractivity contribution in [2.24, 2.45) is 0 Å². The Morgan fingerprint density at radius 1 is 1.08 bits per heavy atom. The topological polar surface area (TPSA) is 74.8 Å². The van der Waals surface area contributed by atoms with Crippen LogP contribution >= 0.6 is 0 Å². The summed E-state index contributed by atoms with van der Waals surface area (Å²) in [4.78, 5) is 0.0299. The number of piperidine rings is 1. The molecule has 24 heavy (non-hydrogen) atoms. The van der Waals surface area contributed by atoms with E-state index >= 15 is 0 Å². The lowest BCUT2D eigenvalue weighted by molar-refractivity contribution is 0.203. The SMILES string of the molecule is CCN(CC)S(=O)(=O)c1ccc(S(=O)(=O)N2CCCC(F)C2)cc1. The third-order valence-electron chi connectivity index (χ3n) is 4.13. The number of hydrogen-bond acceptors (Lipinski definition) is 4. The second kappa shape index (κ2) is 7.47. The summed E-state index contributed by atoms with van der Waals surface area (Å²) in [6, 6.07) is 5.12. The van der Waals surface area contributed by atoms with Crippen LogP contribution in [0, 0.1) is 0 Å². The molecule has 1 fully saturated rings. The minimum absolute atomic E-state index is 0.0184. The van der Waals surface area contributed by atoms with E-state index in [1.54, 1.807) is 13.8 Å². The quantitative estimate of drug-likeness (QED) is 0.757. The molecule has 0 saturated carbocycles. The van der Waals surface area contributed by atoms with Crippen LogP contribution in [0.25, 0.3) is 0 Å². The van der Waals surface area contributed by atoms with Gasteiger partial charge in [0.1, 0.15) is 6.17 Å². The minimum Gasteiger partial charge on any atom is -0.246 e. The Morgan fingerprint density at radius 3 is 2.12 bits per heavy atom. The Bertz CT molecular complexity index is 759. The van der Waals surface area contributed by atoms with E-state index in [-0.39, 0.29) is 22.9 Å². The van der Waals surface area contributed by atoms with Crippen LogP contribution in [-0.2, 0) is 20.0 Å². The van der Waals surface area contributed by atoms with Crippen molar-refractivity contribution in [2.45, 2.75) is 42.7 Å². The van der Waals surface area contributed by atoms with Gasteiger partial charge < -0.3 is 0 Å².